The van der Waals surface area contributed by atoms with Crippen molar-refractivity contribution in [3.05, 3.63) is 140 Å². The number of aryl methyl sites for hydroxylation is 1. The minimum atomic E-state index is -0.820. The third-order valence-electron chi connectivity index (χ3n) is 7.43. The molecule has 1 saturated heterocycles. The summed E-state index contributed by atoms with van der Waals surface area (Å²) < 4.78 is 13.6. The molecule has 0 aromatic heterocycles. The second-order valence-electron chi connectivity index (χ2n) is 10.4. The van der Waals surface area contributed by atoms with Crippen molar-refractivity contribution in [1.82, 2.24) is 5.32 Å². The number of halogens is 2. The SMILES string of the molecule is Cc1ccc2ccccc2c1COc1ccc(/C=C2\C(=O)NC(=O)N(c3ccc(OCc4ccc(Br)cc4)cc3)C2=O)cc1Br. The second kappa shape index (κ2) is 13.1. The first kappa shape index (κ1) is 30.3. The lowest BCUT2D eigenvalue weighted by Gasteiger charge is -2.26. The van der Waals surface area contributed by atoms with Crippen molar-refractivity contribution in [3.8, 4) is 11.5 Å². The van der Waals surface area contributed by atoms with Crippen molar-refractivity contribution in [2.45, 2.75) is 20.1 Å². The molecule has 45 heavy (non-hydrogen) atoms. The number of nitrogens with zero attached hydrogens (tertiary/aromatic N) is 1. The van der Waals surface area contributed by atoms with Crippen LogP contribution < -0.4 is 19.7 Å². The van der Waals surface area contributed by atoms with Gasteiger partial charge in [-0.15, -0.1) is 0 Å². The Morgan fingerprint density at radius 1 is 0.800 bits per heavy atom. The number of carbonyl (C=O) groups is 3. The van der Waals surface area contributed by atoms with E-state index in [0.717, 1.165) is 36.8 Å². The second-order valence-corrected chi connectivity index (χ2v) is 12.2. The number of carbonyl (C=O) groups excluding carboxylic acids is 3. The van der Waals surface area contributed by atoms with E-state index >= 15 is 0 Å². The van der Waals surface area contributed by atoms with Gasteiger partial charge in [0.15, 0.2) is 0 Å². The third-order valence-corrected chi connectivity index (χ3v) is 8.58. The third kappa shape index (κ3) is 6.69. The van der Waals surface area contributed by atoms with Crippen LogP contribution in [0.2, 0.25) is 0 Å². The van der Waals surface area contributed by atoms with E-state index in [1.54, 1.807) is 42.5 Å². The van der Waals surface area contributed by atoms with E-state index in [0.29, 0.717) is 40.4 Å². The normalized spacial score (nSPS) is 14.2. The smallest absolute Gasteiger partial charge is 0.335 e. The summed E-state index contributed by atoms with van der Waals surface area (Å²) in [6, 6.07) is 31.1. The van der Waals surface area contributed by atoms with Gasteiger partial charge in [0.05, 0.1) is 10.2 Å². The molecule has 0 radical (unpaired) electrons. The number of amides is 4. The van der Waals surface area contributed by atoms with Crippen LogP contribution in [0.3, 0.4) is 0 Å². The van der Waals surface area contributed by atoms with E-state index in [2.05, 4.69) is 68.4 Å². The quantitative estimate of drug-likeness (QED) is 0.128. The number of urea groups is 1. The van der Waals surface area contributed by atoms with E-state index in [1.807, 2.05) is 36.4 Å². The zero-order valence-electron chi connectivity index (χ0n) is 24.1. The van der Waals surface area contributed by atoms with Gasteiger partial charge in [0.2, 0.25) is 0 Å². The number of barbiturate groups is 1. The van der Waals surface area contributed by atoms with Gasteiger partial charge in [0.1, 0.15) is 30.3 Å². The lowest BCUT2D eigenvalue weighted by atomic mass is 10.0. The summed E-state index contributed by atoms with van der Waals surface area (Å²) in [5.41, 5.74) is 3.95. The summed E-state index contributed by atoms with van der Waals surface area (Å²) >= 11 is 6.97. The Balaban J connectivity index is 1.16. The predicted molar refractivity (Wildman–Crippen MR) is 181 cm³/mol. The van der Waals surface area contributed by atoms with Gasteiger partial charge in [0, 0.05) is 10.0 Å². The Bertz CT molecular complexity index is 1970. The zero-order valence-corrected chi connectivity index (χ0v) is 27.2. The van der Waals surface area contributed by atoms with Crippen molar-refractivity contribution in [2.75, 3.05) is 4.90 Å². The molecule has 7 nitrogen and oxygen atoms in total. The highest BCUT2D eigenvalue weighted by molar-refractivity contribution is 9.10. The maximum atomic E-state index is 13.4. The van der Waals surface area contributed by atoms with Crippen molar-refractivity contribution in [2.24, 2.45) is 0 Å². The maximum absolute atomic E-state index is 13.4. The molecule has 0 saturated carbocycles. The lowest BCUT2D eigenvalue weighted by molar-refractivity contribution is -0.122. The number of imide groups is 2. The van der Waals surface area contributed by atoms with Gasteiger partial charge in [0.25, 0.3) is 11.8 Å². The summed E-state index contributed by atoms with van der Waals surface area (Å²) in [5, 5.41) is 4.55. The Morgan fingerprint density at radius 2 is 1.56 bits per heavy atom. The summed E-state index contributed by atoms with van der Waals surface area (Å²) in [5.74, 6) is -0.307. The Kier molecular flexibility index (Phi) is 8.82. The molecule has 6 rings (SSSR count). The molecule has 5 aromatic carbocycles. The Hall–Kier alpha value is -4.73. The number of fused-ring (bicyclic) bond motifs is 1. The van der Waals surface area contributed by atoms with Crippen LogP contribution in [0.5, 0.6) is 11.5 Å². The van der Waals surface area contributed by atoms with Crippen molar-refractivity contribution < 1.29 is 23.9 Å². The standard InChI is InChI=1S/C36H26Br2N2O5/c1-22-6-10-25-4-2-3-5-29(25)31(22)21-45-33-17-9-24(19-32(33)38)18-30-34(41)39-36(43)40(35(30)42)27-13-15-28(16-14-27)44-20-23-7-11-26(37)12-8-23/h2-19H,20-21H2,1H3,(H,39,41,43)/b30-18+. The number of nitrogens with one attached hydrogen (secondary N) is 1. The fourth-order valence-corrected chi connectivity index (χ4v) is 5.78. The molecule has 9 heteroatoms. The van der Waals surface area contributed by atoms with E-state index < -0.39 is 17.8 Å². The molecule has 0 spiro atoms. The molecule has 1 aliphatic heterocycles. The highest BCUT2D eigenvalue weighted by atomic mass is 79.9. The average molecular weight is 726 g/mol. The zero-order chi connectivity index (χ0) is 31.5. The fraction of sp³-hybridized carbons (Fsp3) is 0.0833. The number of ether oxygens (including phenoxy) is 2. The molecule has 0 bridgehead atoms. The highest BCUT2D eigenvalue weighted by Gasteiger charge is 2.36. The number of hydrogen-bond acceptors (Lipinski definition) is 5. The topological polar surface area (TPSA) is 84.9 Å². The summed E-state index contributed by atoms with van der Waals surface area (Å²) in [6.07, 6.45) is 1.45. The van der Waals surface area contributed by atoms with Crippen molar-refractivity contribution in [3.63, 3.8) is 0 Å². The lowest BCUT2D eigenvalue weighted by Crippen LogP contribution is -2.54. The largest absolute Gasteiger partial charge is 0.489 e. The van der Waals surface area contributed by atoms with E-state index in [1.165, 1.54) is 6.08 Å². The summed E-state index contributed by atoms with van der Waals surface area (Å²) in [6.45, 7) is 2.79. The van der Waals surface area contributed by atoms with Crippen LogP contribution >= 0.6 is 31.9 Å². The monoisotopic (exact) mass is 724 g/mol. The minimum absolute atomic E-state index is 0.169. The van der Waals surface area contributed by atoms with Crippen LogP contribution in [0.25, 0.3) is 16.8 Å². The Morgan fingerprint density at radius 3 is 2.31 bits per heavy atom. The van der Waals surface area contributed by atoms with E-state index in [4.69, 9.17) is 9.47 Å². The number of rotatable bonds is 8. The van der Waals surface area contributed by atoms with Gasteiger partial charge >= 0.3 is 6.03 Å². The molecule has 0 aliphatic carbocycles. The van der Waals surface area contributed by atoms with Gasteiger partial charge in [-0.1, -0.05) is 70.5 Å². The maximum Gasteiger partial charge on any atom is 0.335 e. The van der Waals surface area contributed by atoms with Gasteiger partial charge < -0.3 is 9.47 Å². The number of hydrogen-bond donors (Lipinski definition) is 1. The number of anilines is 1. The summed E-state index contributed by atoms with van der Waals surface area (Å²) in [4.78, 5) is 39.8. The molecule has 4 amide bonds. The first-order valence-electron chi connectivity index (χ1n) is 14.1. The van der Waals surface area contributed by atoms with Gasteiger partial charge in [-0.2, -0.15) is 0 Å². The molecule has 1 fully saturated rings. The Labute approximate surface area is 276 Å². The molecule has 224 valence electrons. The molecule has 0 atom stereocenters. The van der Waals surface area contributed by atoms with Gasteiger partial charge in [-0.05, 0) is 105 Å². The first-order valence-corrected chi connectivity index (χ1v) is 15.6. The average Bonchev–Trinajstić information content (AvgIpc) is 3.03. The van der Waals surface area contributed by atoms with Crippen LogP contribution in [-0.4, -0.2) is 17.8 Å². The summed E-state index contributed by atoms with van der Waals surface area (Å²) in [7, 11) is 0. The predicted octanol–water partition coefficient (Wildman–Crippen LogP) is 8.50. The van der Waals surface area contributed by atoms with E-state index in [-0.39, 0.29) is 5.57 Å². The molecule has 1 N–H and O–H groups in total. The molecule has 5 aromatic rings. The first-order chi connectivity index (χ1) is 21.8. The van der Waals surface area contributed by atoms with Crippen LogP contribution in [0, 0.1) is 6.92 Å². The molecule has 1 heterocycles. The fourth-order valence-electron chi connectivity index (χ4n) is 5.01. The van der Waals surface area contributed by atoms with Crippen molar-refractivity contribution >= 4 is 72.2 Å². The van der Waals surface area contributed by atoms with Gasteiger partial charge in [-0.3, -0.25) is 14.9 Å². The van der Waals surface area contributed by atoms with E-state index in [9.17, 15) is 14.4 Å². The molecular formula is C36H26Br2N2O5. The minimum Gasteiger partial charge on any atom is -0.489 e. The number of benzene rings is 5. The molecule has 0 unspecified atom stereocenters. The van der Waals surface area contributed by atoms with Crippen LogP contribution in [0.15, 0.2) is 118 Å². The highest BCUT2D eigenvalue weighted by Crippen LogP contribution is 2.31. The molecular weight excluding hydrogens is 700 g/mol. The van der Waals surface area contributed by atoms with Crippen LogP contribution in [-0.2, 0) is 22.8 Å². The van der Waals surface area contributed by atoms with Crippen molar-refractivity contribution in [1.29, 1.82) is 0 Å². The molecule has 1 aliphatic rings. The van der Waals surface area contributed by atoms with Crippen LogP contribution in [0.4, 0.5) is 10.5 Å². The van der Waals surface area contributed by atoms with Gasteiger partial charge in [-0.25, -0.2) is 9.69 Å². The van der Waals surface area contributed by atoms with Crippen LogP contribution in [0.1, 0.15) is 22.3 Å².